The van der Waals surface area contributed by atoms with Gasteiger partial charge in [-0.15, -0.1) is 24.8 Å². The number of pyridine rings is 1. The predicted octanol–water partition coefficient (Wildman–Crippen LogP) is 3.25. The number of carbonyl (C=O) groups excluding carboxylic acids is 1. The van der Waals surface area contributed by atoms with Crippen molar-refractivity contribution in [1.82, 2.24) is 9.88 Å². The summed E-state index contributed by atoms with van der Waals surface area (Å²) in [6, 6.07) is 3.36. The highest BCUT2D eigenvalue weighted by Gasteiger charge is 2.25. The van der Waals surface area contributed by atoms with E-state index in [2.05, 4.69) is 4.98 Å². The SMILES string of the molecule is Cl.Cl.NCc1cc(C(=O)N2CCN(c3ncc(Cl)cc3Cl)CC2)co1. The van der Waals surface area contributed by atoms with Crippen molar-refractivity contribution in [3.8, 4) is 0 Å². The smallest absolute Gasteiger partial charge is 0.257 e. The molecule has 0 spiro atoms. The molecule has 0 saturated carbocycles. The van der Waals surface area contributed by atoms with Crippen LogP contribution in [0.2, 0.25) is 10.0 Å². The van der Waals surface area contributed by atoms with E-state index < -0.39 is 0 Å². The van der Waals surface area contributed by atoms with E-state index in [-0.39, 0.29) is 37.3 Å². The van der Waals surface area contributed by atoms with Crippen molar-refractivity contribution in [2.45, 2.75) is 6.54 Å². The average molecular weight is 428 g/mol. The van der Waals surface area contributed by atoms with E-state index in [1.54, 1.807) is 23.2 Å². The van der Waals surface area contributed by atoms with Crippen LogP contribution >= 0.6 is 48.0 Å². The number of hydrogen-bond acceptors (Lipinski definition) is 5. The summed E-state index contributed by atoms with van der Waals surface area (Å²) in [6.07, 6.45) is 3.02. The van der Waals surface area contributed by atoms with Gasteiger partial charge in [-0.1, -0.05) is 23.2 Å². The van der Waals surface area contributed by atoms with Crippen LogP contribution < -0.4 is 10.6 Å². The molecular formula is C15H18Cl4N4O2. The maximum absolute atomic E-state index is 12.4. The first kappa shape index (κ1) is 21.9. The van der Waals surface area contributed by atoms with Crippen molar-refractivity contribution in [3.63, 3.8) is 0 Å². The first-order chi connectivity index (χ1) is 11.1. The summed E-state index contributed by atoms with van der Waals surface area (Å²) in [6.45, 7) is 2.76. The van der Waals surface area contributed by atoms with E-state index >= 15 is 0 Å². The maximum atomic E-state index is 12.4. The molecule has 6 nitrogen and oxygen atoms in total. The second-order valence-electron chi connectivity index (χ2n) is 5.24. The molecule has 1 aliphatic rings. The Balaban J connectivity index is 0.00000156. The molecule has 0 atom stereocenters. The average Bonchev–Trinajstić information content (AvgIpc) is 3.03. The van der Waals surface area contributed by atoms with Crippen LogP contribution in [0.15, 0.2) is 29.0 Å². The summed E-state index contributed by atoms with van der Waals surface area (Å²) < 4.78 is 5.22. The van der Waals surface area contributed by atoms with Gasteiger partial charge in [0.2, 0.25) is 0 Å². The number of rotatable bonds is 3. The number of anilines is 1. The van der Waals surface area contributed by atoms with Gasteiger partial charge in [-0.3, -0.25) is 4.79 Å². The number of nitrogens with two attached hydrogens (primary N) is 1. The van der Waals surface area contributed by atoms with Crippen molar-refractivity contribution in [1.29, 1.82) is 0 Å². The minimum Gasteiger partial charge on any atom is -0.467 e. The molecule has 1 aliphatic heterocycles. The first-order valence-corrected chi connectivity index (χ1v) is 7.97. The van der Waals surface area contributed by atoms with Crippen LogP contribution in [-0.2, 0) is 6.54 Å². The molecule has 0 aliphatic carbocycles. The summed E-state index contributed by atoms with van der Waals surface area (Å²) >= 11 is 12.0. The predicted molar refractivity (Wildman–Crippen MR) is 103 cm³/mol. The normalized spacial score (nSPS) is 13.9. The van der Waals surface area contributed by atoms with Crippen LogP contribution in [0.3, 0.4) is 0 Å². The van der Waals surface area contributed by atoms with Crippen molar-refractivity contribution in [2.24, 2.45) is 5.73 Å². The molecule has 3 heterocycles. The molecule has 2 aromatic heterocycles. The van der Waals surface area contributed by atoms with Crippen molar-refractivity contribution >= 4 is 59.7 Å². The Morgan fingerprint density at radius 2 is 1.88 bits per heavy atom. The fourth-order valence-electron chi connectivity index (χ4n) is 2.54. The van der Waals surface area contributed by atoms with Crippen LogP contribution in [0.4, 0.5) is 5.82 Å². The molecule has 0 aromatic carbocycles. The van der Waals surface area contributed by atoms with Gasteiger partial charge < -0.3 is 20.0 Å². The van der Waals surface area contributed by atoms with Crippen molar-refractivity contribution in [2.75, 3.05) is 31.1 Å². The standard InChI is InChI=1S/C15H16Cl2N4O2.2ClH/c16-11-6-13(17)14(19-8-11)20-1-3-21(4-2-20)15(22)10-5-12(7-18)23-9-10;;/h5-6,8-9H,1-4,7,18H2;2*1H. The number of amides is 1. The van der Waals surface area contributed by atoms with E-state index in [1.807, 2.05) is 4.90 Å². The molecule has 10 heteroatoms. The fraction of sp³-hybridized carbons (Fsp3) is 0.333. The van der Waals surface area contributed by atoms with Gasteiger partial charge in [0, 0.05) is 32.4 Å². The molecule has 138 valence electrons. The Bertz CT molecular complexity index is 717. The molecule has 1 fully saturated rings. The molecule has 0 bridgehead atoms. The third kappa shape index (κ3) is 4.92. The lowest BCUT2D eigenvalue weighted by Gasteiger charge is -2.35. The second kappa shape index (κ2) is 9.50. The summed E-state index contributed by atoms with van der Waals surface area (Å²) in [4.78, 5) is 20.5. The van der Waals surface area contributed by atoms with Gasteiger partial charge in [0.05, 0.1) is 22.2 Å². The second-order valence-corrected chi connectivity index (χ2v) is 6.09. The highest BCUT2D eigenvalue weighted by atomic mass is 35.5. The van der Waals surface area contributed by atoms with Crippen LogP contribution in [0.25, 0.3) is 0 Å². The van der Waals surface area contributed by atoms with Crippen LogP contribution in [0.1, 0.15) is 16.1 Å². The fourth-order valence-corrected chi connectivity index (χ4v) is 3.04. The summed E-state index contributed by atoms with van der Waals surface area (Å²) in [7, 11) is 0. The Morgan fingerprint density at radius 3 is 2.44 bits per heavy atom. The Labute approximate surface area is 168 Å². The lowest BCUT2D eigenvalue weighted by Crippen LogP contribution is -2.49. The van der Waals surface area contributed by atoms with Gasteiger partial charge in [-0.25, -0.2) is 4.98 Å². The Morgan fingerprint density at radius 1 is 1.20 bits per heavy atom. The van der Waals surface area contributed by atoms with E-state index in [1.165, 1.54) is 6.26 Å². The third-order valence-electron chi connectivity index (χ3n) is 3.76. The molecule has 0 radical (unpaired) electrons. The highest BCUT2D eigenvalue weighted by molar-refractivity contribution is 6.36. The monoisotopic (exact) mass is 426 g/mol. The highest BCUT2D eigenvalue weighted by Crippen LogP contribution is 2.27. The molecule has 3 rings (SSSR count). The minimum atomic E-state index is -0.0525. The van der Waals surface area contributed by atoms with E-state index in [4.69, 9.17) is 33.4 Å². The zero-order valence-corrected chi connectivity index (χ0v) is 16.3. The minimum absolute atomic E-state index is 0. The van der Waals surface area contributed by atoms with Crippen LogP contribution in [-0.4, -0.2) is 42.0 Å². The third-order valence-corrected chi connectivity index (χ3v) is 4.24. The zero-order valence-electron chi connectivity index (χ0n) is 13.2. The Kier molecular flexibility index (Phi) is 8.31. The number of carbonyl (C=O) groups is 1. The Hall–Kier alpha value is -1.18. The summed E-state index contributed by atoms with van der Waals surface area (Å²) in [5.74, 6) is 1.24. The summed E-state index contributed by atoms with van der Waals surface area (Å²) in [5, 5.41) is 1.02. The molecule has 2 aromatic rings. The lowest BCUT2D eigenvalue weighted by molar-refractivity contribution is 0.0746. The van der Waals surface area contributed by atoms with Crippen LogP contribution in [0, 0.1) is 0 Å². The molecule has 1 amide bonds. The quantitative estimate of drug-likeness (QED) is 0.813. The van der Waals surface area contributed by atoms with E-state index in [9.17, 15) is 4.79 Å². The number of furan rings is 1. The molecule has 0 unspecified atom stereocenters. The van der Waals surface area contributed by atoms with Gasteiger partial charge in [-0.05, 0) is 12.1 Å². The largest absolute Gasteiger partial charge is 0.467 e. The van der Waals surface area contributed by atoms with Gasteiger partial charge >= 0.3 is 0 Å². The number of halogens is 4. The van der Waals surface area contributed by atoms with Gasteiger partial charge in [0.1, 0.15) is 17.8 Å². The van der Waals surface area contributed by atoms with Crippen molar-refractivity contribution < 1.29 is 9.21 Å². The number of piperazine rings is 1. The van der Waals surface area contributed by atoms with Crippen LogP contribution in [0.5, 0.6) is 0 Å². The molecule has 1 saturated heterocycles. The molecular weight excluding hydrogens is 410 g/mol. The topological polar surface area (TPSA) is 75.6 Å². The van der Waals surface area contributed by atoms with E-state index in [0.29, 0.717) is 53.4 Å². The zero-order chi connectivity index (χ0) is 16.4. The number of nitrogens with zero attached hydrogens (tertiary/aromatic N) is 3. The van der Waals surface area contributed by atoms with Gasteiger partial charge in [-0.2, -0.15) is 0 Å². The van der Waals surface area contributed by atoms with Gasteiger partial charge in [0.25, 0.3) is 5.91 Å². The molecule has 2 N–H and O–H groups in total. The summed E-state index contributed by atoms with van der Waals surface area (Å²) in [5.41, 5.74) is 6.02. The lowest BCUT2D eigenvalue weighted by atomic mass is 10.2. The maximum Gasteiger partial charge on any atom is 0.257 e. The van der Waals surface area contributed by atoms with Crippen molar-refractivity contribution in [3.05, 3.63) is 46.0 Å². The van der Waals surface area contributed by atoms with Gasteiger partial charge in [0.15, 0.2) is 0 Å². The number of aromatic nitrogens is 1. The first-order valence-electron chi connectivity index (χ1n) is 7.21. The molecule has 25 heavy (non-hydrogen) atoms. The number of hydrogen-bond donors (Lipinski definition) is 1. The van der Waals surface area contributed by atoms with E-state index in [0.717, 1.165) is 0 Å².